The number of piperidine rings is 1. The van der Waals surface area contributed by atoms with E-state index in [0.29, 0.717) is 43.6 Å². The van der Waals surface area contributed by atoms with Crippen LogP contribution in [0.4, 0.5) is 0 Å². The summed E-state index contributed by atoms with van der Waals surface area (Å²) in [5, 5.41) is 5.82. The Balaban J connectivity index is 1.32. The third-order valence-electron chi connectivity index (χ3n) is 8.44. The molecule has 2 aliphatic heterocycles. The van der Waals surface area contributed by atoms with E-state index in [9.17, 15) is 4.79 Å². The molecule has 35 heavy (non-hydrogen) atoms. The summed E-state index contributed by atoms with van der Waals surface area (Å²) in [5.41, 5.74) is 13.9. The molecule has 3 aliphatic rings. The van der Waals surface area contributed by atoms with Crippen LogP contribution in [0.2, 0.25) is 0 Å². The van der Waals surface area contributed by atoms with Gasteiger partial charge in [0.2, 0.25) is 5.91 Å². The van der Waals surface area contributed by atoms with Gasteiger partial charge in [-0.05, 0) is 54.2 Å². The van der Waals surface area contributed by atoms with E-state index in [1.807, 2.05) is 15.9 Å². The Morgan fingerprint density at radius 1 is 1.31 bits per heavy atom. The number of thiophene rings is 1. The van der Waals surface area contributed by atoms with E-state index in [-0.39, 0.29) is 5.91 Å². The number of ether oxygens (including phenoxy) is 1. The molecule has 2 fully saturated rings. The van der Waals surface area contributed by atoms with Gasteiger partial charge in [-0.3, -0.25) is 9.69 Å². The molecule has 1 amide bonds. The molecule has 0 spiro atoms. The summed E-state index contributed by atoms with van der Waals surface area (Å²) >= 11 is 1.93. The van der Waals surface area contributed by atoms with Crippen LogP contribution in [0.25, 0.3) is 27.1 Å². The van der Waals surface area contributed by atoms with E-state index in [2.05, 4.69) is 46.9 Å². The summed E-state index contributed by atoms with van der Waals surface area (Å²) < 4.78 is 7.74. The summed E-state index contributed by atoms with van der Waals surface area (Å²) in [6.07, 6.45) is 6.02. The second kappa shape index (κ2) is 7.62. The largest absolute Gasteiger partial charge is 0.372 e. The number of amides is 1. The van der Waals surface area contributed by atoms with Gasteiger partial charge in [-0.25, -0.2) is 9.50 Å². The van der Waals surface area contributed by atoms with Crippen molar-refractivity contribution in [3.05, 3.63) is 39.7 Å². The number of hydrogen-bond donors (Lipinski definition) is 2. The van der Waals surface area contributed by atoms with Gasteiger partial charge in [0.05, 0.1) is 25.5 Å². The maximum absolute atomic E-state index is 11.5. The Morgan fingerprint density at radius 3 is 2.89 bits per heavy atom. The molecule has 2 bridgehead atoms. The number of rotatable bonds is 5. The van der Waals surface area contributed by atoms with Crippen molar-refractivity contribution in [3.8, 4) is 11.3 Å². The number of H-pyrrole nitrogens is 1. The molecule has 6 heterocycles. The highest BCUT2D eigenvalue weighted by atomic mass is 32.1. The number of fused-ring (bicyclic) bond motifs is 6. The first-order valence-electron chi connectivity index (χ1n) is 12.5. The minimum absolute atomic E-state index is 0.218. The number of aromatic nitrogens is 4. The van der Waals surface area contributed by atoms with Crippen molar-refractivity contribution < 1.29 is 9.53 Å². The lowest BCUT2D eigenvalue weighted by atomic mass is 9.88. The second-order valence-corrected chi connectivity index (χ2v) is 11.8. The second-order valence-electron chi connectivity index (χ2n) is 10.8. The van der Waals surface area contributed by atoms with Crippen LogP contribution in [0.1, 0.15) is 65.7 Å². The lowest BCUT2D eigenvalue weighted by molar-refractivity contribution is -0.119. The maximum atomic E-state index is 11.5. The van der Waals surface area contributed by atoms with Crippen molar-refractivity contribution in [1.82, 2.24) is 24.5 Å². The van der Waals surface area contributed by atoms with Crippen LogP contribution >= 0.6 is 11.3 Å². The van der Waals surface area contributed by atoms with Gasteiger partial charge >= 0.3 is 0 Å². The smallest absolute Gasteiger partial charge is 0.231 e. The van der Waals surface area contributed by atoms with Crippen molar-refractivity contribution in [2.75, 3.05) is 13.1 Å². The number of nitrogens with two attached hydrogens (primary N) is 1. The average Bonchev–Trinajstić information content (AvgIpc) is 3.61. The van der Waals surface area contributed by atoms with Crippen LogP contribution in [0.5, 0.6) is 0 Å². The summed E-state index contributed by atoms with van der Waals surface area (Å²) in [6, 6.07) is 0.481. The molecule has 7 rings (SSSR count). The number of likely N-dealkylation sites (tertiary alicyclic amines) is 1. The molecule has 3 N–H and O–H groups in total. The van der Waals surface area contributed by atoms with Crippen LogP contribution in [-0.2, 0) is 22.7 Å². The number of nitrogens with zero attached hydrogens (tertiary/aromatic N) is 4. The number of primary amides is 1. The standard InChI is InChI=1S/C26H30N6O2S/c1-12(2)21-22-13(3)24(16-5-15-4-14(16)6-31(15)8-20(27)33)35-26(22)30-23(21)17-7-32-25(28-11-29-32)19-10-34-9-18(17)19/h7,11-12,14-16,30H,4-6,8-10H2,1-3H3,(H2,27,33)/t14-,15-,16+/m0/s1. The first-order valence-corrected chi connectivity index (χ1v) is 13.3. The molecule has 4 aromatic rings. The van der Waals surface area contributed by atoms with Crippen LogP contribution in [0, 0.1) is 12.8 Å². The predicted octanol–water partition coefficient (Wildman–Crippen LogP) is 4.06. The lowest BCUT2D eigenvalue weighted by Crippen LogP contribution is -2.40. The molecule has 9 heteroatoms. The molecule has 1 aliphatic carbocycles. The molecule has 182 valence electrons. The fourth-order valence-corrected chi connectivity index (χ4v) is 8.43. The van der Waals surface area contributed by atoms with Crippen LogP contribution in [0.15, 0.2) is 12.5 Å². The minimum atomic E-state index is -0.218. The van der Waals surface area contributed by atoms with Gasteiger partial charge in [0.1, 0.15) is 11.2 Å². The highest BCUT2D eigenvalue weighted by Crippen LogP contribution is 2.53. The van der Waals surface area contributed by atoms with Crippen molar-refractivity contribution in [2.24, 2.45) is 11.7 Å². The maximum Gasteiger partial charge on any atom is 0.231 e. The number of aromatic amines is 1. The van der Waals surface area contributed by atoms with Gasteiger partial charge in [-0.1, -0.05) is 13.8 Å². The number of carbonyl (C=O) groups is 1. The van der Waals surface area contributed by atoms with Crippen molar-refractivity contribution in [1.29, 1.82) is 0 Å². The summed E-state index contributed by atoms with van der Waals surface area (Å²) in [4.78, 5) is 24.8. The third kappa shape index (κ3) is 3.07. The Morgan fingerprint density at radius 2 is 2.14 bits per heavy atom. The average molecular weight is 491 g/mol. The van der Waals surface area contributed by atoms with Crippen molar-refractivity contribution >= 4 is 33.1 Å². The number of pyridine rings is 1. The molecule has 3 atom stereocenters. The Bertz CT molecular complexity index is 1500. The molecule has 1 saturated heterocycles. The van der Waals surface area contributed by atoms with Gasteiger partial charge < -0.3 is 15.5 Å². The molecule has 0 unspecified atom stereocenters. The van der Waals surface area contributed by atoms with Gasteiger partial charge in [-0.2, -0.15) is 5.10 Å². The first-order chi connectivity index (χ1) is 16.9. The lowest BCUT2D eigenvalue weighted by Gasteiger charge is -2.30. The third-order valence-corrected chi connectivity index (χ3v) is 9.77. The Hall–Kier alpha value is -2.75. The highest BCUT2D eigenvalue weighted by molar-refractivity contribution is 7.19. The molecular formula is C26H30N6O2S. The molecule has 1 saturated carbocycles. The zero-order valence-corrected chi connectivity index (χ0v) is 21.1. The quantitative estimate of drug-likeness (QED) is 0.439. The molecular weight excluding hydrogens is 460 g/mol. The Kier molecular flexibility index (Phi) is 4.69. The number of carbonyl (C=O) groups excluding carboxylic acids is 1. The van der Waals surface area contributed by atoms with Gasteiger partial charge in [0, 0.05) is 40.2 Å². The van der Waals surface area contributed by atoms with E-state index < -0.39 is 0 Å². The van der Waals surface area contributed by atoms with E-state index >= 15 is 0 Å². The van der Waals surface area contributed by atoms with Crippen LogP contribution < -0.4 is 5.73 Å². The minimum Gasteiger partial charge on any atom is -0.372 e. The monoisotopic (exact) mass is 490 g/mol. The summed E-state index contributed by atoms with van der Waals surface area (Å²) in [5.74, 6) is 1.33. The van der Waals surface area contributed by atoms with Crippen molar-refractivity contribution in [3.63, 3.8) is 0 Å². The predicted molar refractivity (Wildman–Crippen MR) is 135 cm³/mol. The zero-order chi connectivity index (χ0) is 24.0. The highest BCUT2D eigenvalue weighted by Gasteiger charge is 2.46. The van der Waals surface area contributed by atoms with Crippen LogP contribution in [-0.4, -0.2) is 49.5 Å². The van der Waals surface area contributed by atoms with Gasteiger partial charge in [0.15, 0.2) is 5.65 Å². The topological polar surface area (TPSA) is 102 Å². The van der Waals surface area contributed by atoms with Crippen LogP contribution in [0.3, 0.4) is 0 Å². The number of nitrogens with one attached hydrogen (secondary N) is 1. The number of hydrogen-bond acceptors (Lipinski definition) is 6. The zero-order valence-electron chi connectivity index (χ0n) is 20.3. The molecule has 4 aromatic heterocycles. The molecule has 0 aromatic carbocycles. The van der Waals surface area contributed by atoms with Gasteiger partial charge in [-0.15, -0.1) is 11.3 Å². The van der Waals surface area contributed by atoms with E-state index in [4.69, 9.17) is 10.5 Å². The van der Waals surface area contributed by atoms with E-state index in [0.717, 1.165) is 24.2 Å². The number of aryl methyl sites for hydroxylation is 1. The summed E-state index contributed by atoms with van der Waals surface area (Å²) in [7, 11) is 0. The molecule has 0 radical (unpaired) electrons. The fourth-order valence-electron chi connectivity index (χ4n) is 7.00. The first kappa shape index (κ1) is 21.5. The van der Waals surface area contributed by atoms with E-state index in [1.54, 1.807) is 6.33 Å². The SMILES string of the molecule is Cc1c([C@@H]2C[C@@H]3C[C@H]2CN3CC(N)=O)sc2[nH]c(-c3cn4ncnc4c4c3COC4)c(C(C)C)c12. The molecule has 8 nitrogen and oxygen atoms in total. The van der Waals surface area contributed by atoms with Crippen molar-refractivity contribution in [2.45, 2.75) is 64.7 Å². The van der Waals surface area contributed by atoms with Gasteiger partial charge in [0.25, 0.3) is 0 Å². The summed E-state index contributed by atoms with van der Waals surface area (Å²) in [6.45, 7) is 9.44. The van der Waals surface area contributed by atoms with E-state index in [1.165, 1.54) is 49.5 Å². The fraction of sp³-hybridized carbons (Fsp3) is 0.500. The Labute approximate surface area is 207 Å². The normalized spacial score (nSPS) is 23.9.